The second kappa shape index (κ2) is 7.86. The highest BCUT2D eigenvalue weighted by atomic mass is 19.4. The molecule has 2 fully saturated rings. The molecule has 4 unspecified atom stereocenters. The van der Waals surface area contributed by atoms with Gasteiger partial charge in [-0.3, -0.25) is 4.79 Å². The topological polar surface area (TPSA) is 58.6 Å². The maximum absolute atomic E-state index is 12.6. The molecule has 1 aromatic rings. The van der Waals surface area contributed by atoms with E-state index in [1.165, 1.54) is 31.4 Å². The molecule has 2 aliphatic rings. The zero-order valence-corrected chi connectivity index (χ0v) is 14.5. The van der Waals surface area contributed by atoms with Crippen LogP contribution < -0.4 is 10.1 Å². The van der Waals surface area contributed by atoms with Crippen LogP contribution in [-0.2, 0) is 11.0 Å². The van der Waals surface area contributed by atoms with Crippen LogP contribution in [0.1, 0.15) is 37.7 Å². The summed E-state index contributed by atoms with van der Waals surface area (Å²) >= 11 is 0. The number of carbonyl (C=O) groups is 1. The molecule has 0 aliphatic heterocycles. The van der Waals surface area contributed by atoms with Gasteiger partial charge in [0.2, 0.25) is 5.91 Å². The molecule has 0 aromatic heterocycles. The molecule has 0 saturated heterocycles. The van der Waals surface area contributed by atoms with Gasteiger partial charge in [0.25, 0.3) is 0 Å². The monoisotopic (exact) mass is 371 g/mol. The van der Waals surface area contributed by atoms with Gasteiger partial charge in [0, 0.05) is 13.0 Å². The summed E-state index contributed by atoms with van der Waals surface area (Å²) < 4.78 is 43.1. The van der Waals surface area contributed by atoms with Gasteiger partial charge < -0.3 is 15.2 Å². The molecular formula is C19H24F3NO3. The highest BCUT2D eigenvalue weighted by molar-refractivity contribution is 5.76. The Morgan fingerprint density at radius 1 is 1.31 bits per heavy atom. The van der Waals surface area contributed by atoms with Gasteiger partial charge in [-0.15, -0.1) is 0 Å². The minimum absolute atomic E-state index is 0.0264. The largest absolute Gasteiger partial charge is 0.491 e. The Morgan fingerprint density at radius 3 is 2.77 bits per heavy atom. The standard InChI is InChI=1S/C19H24F3NO3/c20-19(21,22)15-2-1-3-17(9-15)26-11-16(24)10-23-18(25)8-14-7-12-4-5-13(14)6-12/h1-3,9,12-14,16,24H,4-8,10-11H2,(H,23,25). The van der Waals surface area contributed by atoms with Crippen LogP contribution in [0.2, 0.25) is 0 Å². The first-order chi connectivity index (χ1) is 12.3. The van der Waals surface area contributed by atoms with Crippen molar-refractivity contribution < 1.29 is 27.8 Å². The molecule has 3 rings (SSSR count). The van der Waals surface area contributed by atoms with Crippen LogP contribution in [0.4, 0.5) is 13.2 Å². The van der Waals surface area contributed by atoms with Gasteiger partial charge in [0.1, 0.15) is 18.5 Å². The highest BCUT2D eigenvalue weighted by Gasteiger charge is 2.40. The van der Waals surface area contributed by atoms with Crippen LogP contribution in [0.25, 0.3) is 0 Å². The lowest BCUT2D eigenvalue weighted by molar-refractivity contribution is -0.137. The maximum atomic E-state index is 12.6. The van der Waals surface area contributed by atoms with Gasteiger partial charge in [-0.05, 0) is 55.2 Å². The number of hydrogen-bond donors (Lipinski definition) is 2. The Bertz CT molecular complexity index is 635. The molecule has 0 radical (unpaired) electrons. The number of alkyl halides is 3. The van der Waals surface area contributed by atoms with Crippen molar-refractivity contribution in [2.75, 3.05) is 13.2 Å². The lowest BCUT2D eigenvalue weighted by Crippen LogP contribution is -2.36. The van der Waals surface area contributed by atoms with Crippen LogP contribution in [0, 0.1) is 17.8 Å². The molecule has 2 saturated carbocycles. The van der Waals surface area contributed by atoms with E-state index >= 15 is 0 Å². The van der Waals surface area contributed by atoms with E-state index in [-0.39, 0.29) is 24.8 Å². The van der Waals surface area contributed by atoms with Gasteiger partial charge >= 0.3 is 6.18 Å². The molecule has 4 nitrogen and oxygen atoms in total. The molecule has 2 aliphatic carbocycles. The lowest BCUT2D eigenvalue weighted by Gasteiger charge is -2.21. The normalized spacial score (nSPS) is 25.9. The Labute approximate surface area is 150 Å². The first-order valence-electron chi connectivity index (χ1n) is 9.06. The number of benzene rings is 1. The third-order valence-corrected chi connectivity index (χ3v) is 5.47. The number of hydrogen-bond acceptors (Lipinski definition) is 3. The second-order valence-corrected chi connectivity index (χ2v) is 7.43. The van der Waals surface area contributed by atoms with E-state index in [1.54, 1.807) is 0 Å². The van der Waals surface area contributed by atoms with Crippen molar-refractivity contribution in [1.29, 1.82) is 0 Å². The van der Waals surface area contributed by atoms with E-state index in [9.17, 15) is 23.1 Å². The predicted molar refractivity (Wildman–Crippen MR) is 89.5 cm³/mol. The van der Waals surface area contributed by atoms with Crippen molar-refractivity contribution in [1.82, 2.24) is 5.32 Å². The number of nitrogens with one attached hydrogen (secondary N) is 1. The number of fused-ring (bicyclic) bond motifs is 2. The van der Waals surface area contributed by atoms with Crippen LogP contribution in [0.5, 0.6) is 5.75 Å². The summed E-state index contributed by atoms with van der Waals surface area (Å²) in [6.07, 6.45) is -0.0584. The van der Waals surface area contributed by atoms with Gasteiger partial charge in [0.05, 0.1) is 5.56 Å². The molecule has 1 aromatic carbocycles. The van der Waals surface area contributed by atoms with Crippen LogP contribution in [-0.4, -0.2) is 30.3 Å². The summed E-state index contributed by atoms with van der Waals surface area (Å²) in [4.78, 5) is 12.0. The third kappa shape index (κ3) is 4.90. The number of rotatable bonds is 7. The maximum Gasteiger partial charge on any atom is 0.416 e. The van der Waals surface area contributed by atoms with Crippen molar-refractivity contribution in [3.8, 4) is 5.75 Å². The number of aliphatic hydroxyl groups excluding tert-OH is 1. The molecule has 1 amide bonds. The summed E-state index contributed by atoms with van der Waals surface area (Å²) in [6, 6.07) is 4.50. The van der Waals surface area contributed by atoms with Crippen LogP contribution in [0.3, 0.4) is 0 Å². The summed E-state index contributed by atoms with van der Waals surface area (Å²) in [5.74, 6) is 1.85. The predicted octanol–water partition coefficient (Wildman–Crippen LogP) is 3.39. The van der Waals surface area contributed by atoms with Crippen molar-refractivity contribution in [3.05, 3.63) is 29.8 Å². The Balaban J connectivity index is 1.37. The van der Waals surface area contributed by atoms with E-state index < -0.39 is 17.8 Å². The Hall–Kier alpha value is -1.76. The van der Waals surface area contributed by atoms with Gasteiger partial charge in [-0.2, -0.15) is 13.2 Å². The van der Waals surface area contributed by atoms with E-state index in [1.807, 2.05) is 0 Å². The first-order valence-corrected chi connectivity index (χ1v) is 9.06. The molecule has 26 heavy (non-hydrogen) atoms. The molecule has 2 bridgehead atoms. The van der Waals surface area contributed by atoms with E-state index in [0.717, 1.165) is 24.5 Å². The average Bonchev–Trinajstić information content (AvgIpc) is 3.20. The summed E-state index contributed by atoms with van der Waals surface area (Å²) in [5.41, 5.74) is -0.802. The molecule has 144 valence electrons. The fourth-order valence-electron chi connectivity index (χ4n) is 4.18. The van der Waals surface area contributed by atoms with E-state index in [2.05, 4.69) is 5.32 Å². The Morgan fingerprint density at radius 2 is 2.12 bits per heavy atom. The van der Waals surface area contributed by atoms with Crippen molar-refractivity contribution >= 4 is 5.91 Å². The average molecular weight is 371 g/mol. The lowest BCUT2D eigenvalue weighted by atomic mass is 9.86. The molecule has 4 atom stereocenters. The third-order valence-electron chi connectivity index (χ3n) is 5.47. The summed E-state index contributed by atoms with van der Waals surface area (Å²) in [7, 11) is 0. The Kier molecular flexibility index (Phi) is 5.75. The minimum atomic E-state index is -4.44. The number of carbonyl (C=O) groups excluding carboxylic acids is 1. The second-order valence-electron chi connectivity index (χ2n) is 7.43. The van der Waals surface area contributed by atoms with Gasteiger partial charge in [-0.1, -0.05) is 12.5 Å². The summed E-state index contributed by atoms with van der Waals surface area (Å²) in [6.45, 7) is -0.158. The van der Waals surface area contributed by atoms with E-state index in [0.29, 0.717) is 18.3 Å². The number of halogens is 3. The number of amides is 1. The van der Waals surface area contributed by atoms with Crippen molar-refractivity contribution in [2.45, 2.75) is 44.4 Å². The SMILES string of the molecule is O=C(CC1CC2CCC1C2)NCC(O)COc1cccc(C(F)(F)F)c1. The fourth-order valence-corrected chi connectivity index (χ4v) is 4.18. The zero-order chi connectivity index (χ0) is 18.7. The van der Waals surface area contributed by atoms with Crippen LogP contribution >= 0.6 is 0 Å². The van der Waals surface area contributed by atoms with E-state index in [4.69, 9.17) is 4.74 Å². The fraction of sp³-hybridized carbons (Fsp3) is 0.632. The quantitative estimate of drug-likeness (QED) is 0.773. The first kappa shape index (κ1) is 19.0. The minimum Gasteiger partial charge on any atom is -0.491 e. The van der Waals surface area contributed by atoms with Gasteiger partial charge in [-0.25, -0.2) is 0 Å². The number of ether oxygens (including phenoxy) is 1. The van der Waals surface area contributed by atoms with Crippen LogP contribution in [0.15, 0.2) is 24.3 Å². The van der Waals surface area contributed by atoms with Gasteiger partial charge in [0.15, 0.2) is 0 Å². The molecular weight excluding hydrogens is 347 g/mol. The molecule has 7 heteroatoms. The number of aliphatic hydroxyl groups is 1. The van der Waals surface area contributed by atoms with Crippen molar-refractivity contribution in [2.24, 2.45) is 17.8 Å². The highest BCUT2D eigenvalue weighted by Crippen LogP contribution is 2.49. The summed E-state index contributed by atoms with van der Waals surface area (Å²) in [5, 5.41) is 12.6. The molecule has 0 heterocycles. The molecule has 2 N–H and O–H groups in total. The zero-order valence-electron chi connectivity index (χ0n) is 14.5. The molecule has 0 spiro atoms. The smallest absolute Gasteiger partial charge is 0.416 e. The van der Waals surface area contributed by atoms with Crippen molar-refractivity contribution in [3.63, 3.8) is 0 Å².